The van der Waals surface area contributed by atoms with Crippen LogP contribution in [0.25, 0.3) is 0 Å². The Labute approximate surface area is 107 Å². The second-order valence-electron chi connectivity index (χ2n) is 2.67. The summed E-state index contributed by atoms with van der Waals surface area (Å²) in [4.78, 5) is 15.2. The van der Waals surface area contributed by atoms with Crippen LogP contribution in [-0.4, -0.2) is 24.1 Å². The summed E-state index contributed by atoms with van der Waals surface area (Å²) in [7, 11) is 0. The van der Waals surface area contributed by atoms with Gasteiger partial charge < -0.3 is 10.1 Å². The first-order chi connectivity index (χ1) is 7.13. The van der Waals surface area contributed by atoms with Crippen LogP contribution in [0.1, 0.15) is 6.92 Å². The van der Waals surface area contributed by atoms with E-state index in [0.29, 0.717) is 17.4 Å². The Morgan fingerprint density at radius 2 is 2.47 bits per heavy atom. The zero-order valence-corrected chi connectivity index (χ0v) is 11.0. The average Bonchev–Trinajstić information content (AvgIpc) is 2.20. The van der Waals surface area contributed by atoms with Gasteiger partial charge in [-0.05, 0) is 29.5 Å². The van der Waals surface area contributed by atoms with E-state index in [9.17, 15) is 4.79 Å². The molecule has 6 heteroatoms. The zero-order valence-electron chi connectivity index (χ0n) is 8.09. The van der Waals surface area contributed by atoms with Crippen molar-refractivity contribution in [2.75, 3.05) is 18.5 Å². The molecule has 15 heavy (non-hydrogen) atoms. The number of pyridine rings is 1. The molecule has 0 aromatic carbocycles. The maximum absolute atomic E-state index is 11.3. The Balaban J connectivity index is 2.63. The monoisotopic (exact) mass is 340 g/mol. The predicted molar refractivity (Wildman–Crippen MR) is 67.1 cm³/mol. The minimum Gasteiger partial charge on any atom is -0.372 e. The molecule has 0 aliphatic carbocycles. The lowest BCUT2D eigenvalue weighted by atomic mass is 10.4. The van der Waals surface area contributed by atoms with E-state index < -0.39 is 0 Å². The van der Waals surface area contributed by atoms with E-state index in [4.69, 9.17) is 16.3 Å². The number of halogens is 2. The third-order valence-corrected chi connectivity index (χ3v) is 2.60. The van der Waals surface area contributed by atoms with E-state index in [1.54, 1.807) is 12.3 Å². The normalized spacial score (nSPS) is 10.1. The number of hydrogen-bond acceptors (Lipinski definition) is 3. The van der Waals surface area contributed by atoms with Gasteiger partial charge in [0.1, 0.15) is 11.8 Å². The third kappa shape index (κ3) is 4.31. The van der Waals surface area contributed by atoms with Gasteiger partial charge in [0.05, 0.1) is 9.26 Å². The van der Waals surface area contributed by atoms with Gasteiger partial charge in [0.2, 0.25) is 5.91 Å². The van der Waals surface area contributed by atoms with Crippen molar-refractivity contribution in [3.8, 4) is 0 Å². The van der Waals surface area contributed by atoms with Gasteiger partial charge >= 0.3 is 0 Å². The molecule has 0 unspecified atom stereocenters. The summed E-state index contributed by atoms with van der Waals surface area (Å²) in [6, 6.07) is 1.60. The van der Waals surface area contributed by atoms with Gasteiger partial charge in [-0.15, -0.1) is 0 Å². The molecule has 1 heterocycles. The quantitative estimate of drug-likeness (QED) is 0.676. The Morgan fingerprint density at radius 3 is 3.13 bits per heavy atom. The summed E-state index contributed by atoms with van der Waals surface area (Å²) in [5.41, 5.74) is 0.653. The van der Waals surface area contributed by atoms with Crippen LogP contribution in [0.3, 0.4) is 0 Å². The minimum atomic E-state index is -0.197. The molecule has 0 aliphatic heterocycles. The Bertz CT molecular complexity index is 360. The number of nitrogens with one attached hydrogen (secondary N) is 1. The summed E-state index contributed by atoms with van der Waals surface area (Å²) in [5.74, 6) is -0.197. The van der Waals surface area contributed by atoms with Gasteiger partial charge in [-0.1, -0.05) is 11.6 Å². The molecule has 0 saturated heterocycles. The molecule has 1 aromatic rings. The molecule has 4 nitrogen and oxygen atoms in total. The minimum absolute atomic E-state index is 0.0481. The fraction of sp³-hybridized carbons (Fsp3) is 0.333. The molecule has 1 rings (SSSR count). The molecule has 0 saturated carbocycles. The van der Waals surface area contributed by atoms with Crippen LogP contribution in [-0.2, 0) is 9.53 Å². The van der Waals surface area contributed by atoms with Crippen molar-refractivity contribution >= 4 is 45.8 Å². The first-order valence-corrected chi connectivity index (χ1v) is 5.77. The Hall–Kier alpha value is -0.400. The van der Waals surface area contributed by atoms with Crippen LogP contribution in [0.5, 0.6) is 0 Å². The number of nitrogens with zero attached hydrogens (tertiary/aromatic N) is 1. The van der Waals surface area contributed by atoms with Crippen LogP contribution in [0, 0.1) is 3.57 Å². The lowest BCUT2D eigenvalue weighted by molar-refractivity contribution is -0.120. The summed E-state index contributed by atoms with van der Waals surface area (Å²) < 4.78 is 5.81. The van der Waals surface area contributed by atoms with E-state index in [1.807, 2.05) is 6.92 Å². The van der Waals surface area contributed by atoms with E-state index in [-0.39, 0.29) is 12.5 Å². The third-order valence-electron chi connectivity index (χ3n) is 1.53. The van der Waals surface area contributed by atoms with Gasteiger partial charge in [-0.25, -0.2) is 4.98 Å². The number of amides is 1. The zero-order chi connectivity index (χ0) is 11.3. The van der Waals surface area contributed by atoms with Gasteiger partial charge in [-0.3, -0.25) is 4.79 Å². The molecule has 0 bridgehead atoms. The van der Waals surface area contributed by atoms with Crippen molar-refractivity contribution in [1.82, 2.24) is 4.98 Å². The van der Waals surface area contributed by atoms with Crippen LogP contribution in [0.15, 0.2) is 12.3 Å². The number of rotatable bonds is 4. The van der Waals surface area contributed by atoms with Crippen molar-refractivity contribution in [3.63, 3.8) is 0 Å². The Morgan fingerprint density at radius 1 is 1.73 bits per heavy atom. The molecule has 82 valence electrons. The lowest BCUT2D eigenvalue weighted by Crippen LogP contribution is -2.18. The highest BCUT2D eigenvalue weighted by Crippen LogP contribution is 2.20. The number of aromatic nitrogens is 1. The molecule has 0 radical (unpaired) electrons. The lowest BCUT2D eigenvalue weighted by Gasteiger charge is -2.07. The summed E-state index contributed by atoms with van der Waals surface area (Å²) >= 11 is 7.78. The predicted octanol–water partition coefficient (Wildman–Crippen LogP) is 2.31. The number of anilines is 1. The number of carbonyl (C=O) groups excluding carboxylic acids is 1. The molecule has 1 amide bonds. The van der Waals surface area contributed by atoms with Gasteiger partial charge in [-0.2, -0.15) is 0 Å². The van der Waals surface area contributed by atoms with Crippen molar-refractivity contribution in [2.45, 2.75) is 6.92 Å². The highest BCUT2D eigenvalue weighted by atomic mass is 127. The summed E-state index contributed by atoms with van der Waals surface area (Å²) in [6.45, 7) is 2.40. The van der Waals surface area contributed by atoms with Crippen molar-refractivity contribution < 1.29 is 9.53 Å². The molecule has 1 N–H and O–H groups in total. The van der Waals surface area contributed by atoms with Gasteiger partial charge in [0.25, 0.3) is 0 Å². The maximum Gasteiger partial charge on any atom is 0.250 e. The largest absolute Gasteiger partial charge is 0.372 e. The first-order valence-electron chi connectivity index (χ1n) is 4.32. The second-order valence-corrected chi connectivity index (χ2v) is 4.22. The summed E-state index contributed by atoms with van der Waals surface area (Å²) in [5, 5.41) is 3.04. The topological polar surface area (TPSA) is 51.2 Å². The molecule has 0 atom stereocenters. The fourth-order valence-corrected chi connectivity index (χ4v) is 1.48. The van der Waals surface area contributed by atoms with E-state index in [0.717, 1.165) is 3.57 Å². The fourth-order valence-electron chi connectivity index (χ4n) is 0.890. The molecule has 0 fully saturated rings. The van der Waals surface area contributed by atoms with Gasteiger partial charge in [0.15, 0.2) is 0 Å². The van der Waals surface area contributed by atoms with Crippen LogP contribution in [0.2, 0.25) is 5.15 Å². The first kappa shape index (κ1) is 12.7. The van der Waals surface area contributed by atoms with Crippen LogP contribution >= 0.6 is 34.2 Å². The standard InChI is InChI=1S/C9H10ClIN2O2/c1-2-15-5-9(14)13-7-3-8(10)12-4-6(7)11/h3-4H,2,5H2,1H3,(H,12,13,14). The van der Waals surface area contributed by atoms with E-state index in [1.165, 1.54) is 0 Å². The van der Waals surface area contributed by atoms with Crippen molar-refractivity contribution in [1.29, 1.82) is 0 Å². The molecule has 0 aliphatic rings. The van der Waals surface area contributed by atoms with Crippen molar-refractivity contribution in [2.24, 2.45) is 0 Å². The van der Waals surface area contributed by atoms with E-state index in [2.05, 4.69) is 32.9 Å². The SMILES string of the molecule is CCOCC(=O)Nc1cc(Cl)ncc1I. The molecular formula is C9H10ClIN2O2. The highest BCUT2D eigenvalue weighted by molar-refractivity contribution is 14.1. The van der Waals surface area contributed by atoms with Gasteiger partial charge in [0, 0.05) is 18.9 Å². The molecule has 0 spiro atoms. The highest BCUT2D eigenvalue weighted by Gasteiger charge is 2.06. The molecular weight excluding hydrogens is 330 g/mol. The van der Waals surface area contributed by atoms with Crippen LogP contribution in [0.4, 0.5) is 5.69 Å². The number of ether oxygens (including phenoxy) is 1. The second kappa shape index (κ2) is 6.24. The van der Waals surface area contributed by atoms with E-state index >= 15 is 0 Å². The average molecular weight is 341 g/mol. The summed E-state index contributed by atoms with van der Waals surface area (Å²) in [6.07, 6.45) is 1.60. The maximum atomic E-state index is 11.3. The van der Waals surface area contributed by atoms with Crippen LogP contribution < -0.4 is 5.32 Å². The Kier molecular flexibility index (Phi) is 5.27. The van der Waals surface area contributed by atoms with Crippen molar-refractivity contribution in [3.05, 3.63) is 21.0 Å². The number of carbonyl (C=O) groups is 1. The number of hydrogen-bond donors (Lipinski definition) is 1. The smallest absolute Gasteiger partial charge is 0.250 e. The molecule has 1 aromatic heterocycles.